The van der Waals surface area contributed by atoms with Crippen LogP contribution in [0.1, 0.15) is 38.8 Å². The van der Waals surface area contributed by atoms with Crippen molar-refractivity contribution in [3.63, 3.8) is 0 Å². The molecule has 0 saturated heterocycles. The summed E-state index contributed by atoms with van der Waals surface area (Å²) in [6.45, 7) is 8.74. The predicted octanol–water partition coefficient (Wildman–Crippen LogP) is 5.80. The van der Waals surface area contributed by atoms with Gasteiger partial charge in [0.2, 0.25) is 0 Å². The average Bonchev–Trinajstić information content (AvgIpc) is 2.60. The zero-order valence-corrected chi connectivity index (χ0v) is 17.5. The Morgan fingerprint density at radius 2 is 1.85 bits per heavy atom. The Bertz CT molecular complexity index is 756. The molecule has 0 spiro atoms. The van der Waals surface area contributed by atoms with Crippen LogP contribution < -0.4 is 9.64 Å². The van der Waals surface area contributed by atoms with E-state index in [-0.39, 0.29) is 11.5 Å². The van der Waals surface area contributed by atoms with E-state index in [1.54, 1.807) is 11.8 Å². The zero-order chi connectivity index (χ0) is 20.0. The maximum atomic E-state index is 11.9. The second kappa shape index (κ2) is 9.18. The van der Waals surface area contributed by atoms with Crippen molar-refractivity contribution in [1.29, 1.82) is 0 Å². The number of ether oxygens (including phenoxy) is 1. The van der Waals surface area contributed by atoms with Gasteiger partial charge in [-0.25, -0.2) is 4.79 Å². The summed E-state index contributed by atoms with van der Waals surface area (Å²) in [7, 11) is 0. The summed E-state index contributed by atoms with van der Waals surface area (Å²) in [5, 5.41) is 9.72. The van der Waals surface area contributed by atoms with E-state index in [0.29, 0.717) is 12.3 Å². The molecule has 2 rings (SSSR count). The van der Waals surface area contributed by atoms with Crippen molar-refractivity contribution < 1.29 is 14.6 Å². The van der Waals surface area contributed by atoms with E-state index in [1.165, 1.54) is 4.90 Å². The van der Waals surface area contributed by atoms with Crippen LogP contribution in [0.3, 0.4) is 0 Å². The number of rotatable bonds is 7. The summed E-state index contributed by atoms with van der Waals surface area (Å²) in [6, 6.07) is 15.6. The van der Waals surface area contributed by atoms with Crippen LogP contribution in [0.5, 0.6) is 5.75 Å². The van der Waals surface area contributed by atoms with Crippen molar-refractivity contribution in [2.45, 2.75) is 45.8 Å². The number of anilines is 1. The topological polar surface area (TPSA) is 49.8 Å². The summed E-state index contributed by atoms with van der Waals surface area (Å²) in [6.07, 6.45) is 1.05. The van der Waals surface area contributed by atoms with Crippen LogP contribution in [0.15, 0.2) is 48.5 Å². The van der Waals surface area contributed by atoms with Gasteiger partial charge in [0.1, 0.15) is 12.4 Å². The fraction of sp³-hybridized carbons (Fsp3) is 0.409. The summed E-state index contributed by atoms with van der Waals surface area (Å²) < 4.78 is 6.08. The molecule has 146 valence electrons. The fourth-order valence-corrected chi connectivity index (χ4v) is 3.62. The SMILES string of the molecule is CSCC(C)N(C(=O)O)c1ccc(OCc2ccccc2)c(C(C)(C)C)c1. The van der Waals surface area contributed by atoms with Crippen molar-refractivity contribution >= 4 is 23.5 Å². The van der Waals surface area contributed by atoms with Crippen LogP contribution in [0.25, 0.3) is 0 Å². The van der Waals surface area contributed by atoms with Crippen molar-refractivity contribution in [1.82, 2.24) is 0 Å². The Balaban J connectivity index is 2.35. The minimum atomic E-state index is -0.936. The molecule has 1 amide bonds. The van der Waals surface area contributed by atoms with Gasteiger partial charge < -0.3 is 9.84 Å². The van der Waals surface area contributed by atoms with Gasteiger partial charge in [-0.2, -0.15) is 11.8 Å². The molecule has 0 aliphatic heterocycles. The van der Waals surface area contributed by atoms with Gasteiger partial charge in [-0.1, -0.05) is 51.1 Å². The van der Waals surface area contributed by atoms with Gasteiger partial charge in [-0.15, -0.1) is 0 Å². The number of hydrogen-bond acceptors (Lipinski definition) is 3. The average molecular weight is 388 g/mol. The first-order valence-corrected chi connectivity index (χ1v) is 10.5. The second-order valence-corrected chi connectivity index (χ2v) is 8.57. The van der Waals surface area contributed by atoms with Crippen LogP contribution in [0.4, 0.5) is 10.5 Å². The third-order valence-electron chi connectivity index (χ3n) is 4.34. The van der Waals surface area contributed by atoms with Crippen LogP contribution in [0, 0.1) is 0 Å². The number of hydrogen-bond donors (Lipinski definition) is 1. The van der Waals surface area contributed by atoms with E-state index in [2.05, 4.69) is 20.8 Å². The van der Waals surface area contributed by atoms with Gasteiger partial charge in [0, 0.05) is 23.0 Å². The first-order chi connectivity index (χ1) is 12.7. The number of amides is 1. The molecule has 0 fully saturated rings. The fourth-order valence-electron chi connectivity index (χ4n) is 2.98. The molecule has 27 heavy (non-hydrogen) atoms. The normalized spacial score (nSPS) is 12.5. The summed E-state index contributed by atoms with van der Waals surface area (Å²) in [4.78, 5) is 13.3. The maximum absolute atomic E-state index is 11.9. The molecule has 0 aliphatic carbocycles. The molecule has 0 aromatic heterocycles. The van der Waals surface area contributed by atoms with Gasteiger partial charge in [0.15, 0.2) is 0 Å². The molecule has 0 saturated carbocycles. The molecule has 4 nitrogen and oxygen atoms in total. The minimum absolute atomic E-state index is 0.110. The molecule has 2 aromatic carbocycles. The first-order valence-electron chi connectivity index (χ1n) is 9.06. The van der Waals surface area contributed by atoms with Gasteiger partial charge in [-0.05, 0) is 42.4 Å². The van der Waals surface area contributed by atoms with Crippen molar-refractivity contribution in [2.75, 3.05) is 16.9 Å². The van der Waals surface area contributed by atoms with Crippen molar-refractivity contribution in [3.8, 4) is 5.75 Å². The summed E-state index contributed by atoms with van der Waals surface area (Å²) in [5.41, 5.74) is 2.61. The smallest absolute Gasteiger partial charge is 0.412 e. The second-order valence-electron chi connectivity index (χ2n) is 7.66. The van der Waals surface area contributed by atoms with Gasteiger partial charge in [0.25, 0.3) is 0 Å². The lowest BCUT2D eigenvalue weighted by molar-refractivity contribution is 0.200. The highest BCUT2D eigenvalue weighted by Gasteiger charge is 2.25. The molecular weight excluding hydrogens is 358 g/mol. The van der Waals surface area contributed by atoms with E-state index in [1.807, 2.05) is 61.7 Å². The highest BCUT2D eigenvalue weighted by Crippen LogP contribution is 2.36. The molecule has 5 heteroatoms. The van der Waals surface area contributed by atoms with E-state index < -0.39 is 6.09 Å². The van der Waals surface area contributed by atoms with E-state index >= 15 is 0 Å². The predicted molar refractivity (Wildman–Crippen MR) is 114 cm³/mol. The Morgan fingerprint density at radius 3 is 2.41 bits per heavy atom. The van der Waals surface area contributed by atoms with Crippen molar-refractivity contribution in [2.24, 2.45) is 0 Å². The Labute approximate surface area is 166 Å². The van der Waals surface area contributed by atoms with E-state index in [4.69, 9.17) is 4.74 Å². The maximum Gasteiger partial charge on any atom is 0.412 e. The van der Waals surface area contributed by atoms with Gasteiger partial charge in [0.05, 0.1) is 0 Å². The minimum Gasteiger partial charge on any atom is -0.489 e. The summed E-state index contributed by atoms with van der Waals surface area (Å²) in [5.74, 6) is 1.53. The Morgan fingerprint density at radius 1 is 1.19 bits per heavy atom. The van der Waals surface area contributed by atoms with Crippen LogP contribution in [-0.4, -0.2) is 29.3 Å². The standard InChI is InChI=1S/C22H29NO3S/c1-16(15-27-5)23(21(24)25)18-11-12-20(19(13-18)22(2,3)4)26-14-17-9-7-6-8-10-17/h6-13,16H,14-15H2,1-5H3,(H,24,25). The largest absolute Gasteiger partial charge is 0.489 e. The van der Waals surface area contributed by atoms with E-state index in [0.717, 1.165) is 22.6 Å². The lowest BCUT2D eigenvalue weighted by Gasteiger charge is -2.29. The van der Waals surface area contributed by atoms with Gasteiger partial charge >= 0.3 is 6.09 Å². The third kappa shape index (κ3) is 5.67. The monoisotopic (exact) mass is 387 g/mol. The molecule has 0 radical (unpaired) electrons. The lowest BCUT2D eigenvalue weighted by atomic mass is 9.86. The first kappa shape index (κ1) is 21.2. The zero-order valence-electron chi connectivity index (χ0n) is 16.7. The molecular formula is C22H29NO3S. The number of thioether (sulfide) groups is 1. The molecule has 0 heterocycles. The molecule has 2 aromatic rings. The molecule has 0 bridgehead atoms. The lowest BCUT2D eigenvalue weighted by Crippen LogP contribution is -2.39. The number of carboxylic acid groups (broad SMARTS) is 1. The summed E-state index contributed by atoms with van der Waals surface area (Å²) >= 11 is 1.64. The van der Waals surface area contributed by atoms with Crippen LogP contribution in [0.2, 0.25) is 0 Å². The molecule has 1 unspecified atom stereocenters. The molecule has 1 N–H and O–H groups in total. The highest BCUT2D eigenvalue weighted by atomic mass is 32.2. The van der Waals surface area contributed by atoms with Crippen LogP contribution in [-0.2, 0) is 12.0 Å². The number of benzene rings is 2. The molecule has 0 aliphatic rings. The third-order valence-corrected chi connectivity index (χ3v) is 5.16. The molecule has 1 atom stereocenters. The van der Waals surface area contributed by atoms with Crippen molar-refractivity contribution in [3.05, 3.63) is 59.7 Å². The highest BCUT2D eigenvalue weighted by molar-refractivity contribution is 7.98. The van der Waals surface area contributed by atoms with Gasteiger partial charge in [-0.3, -0.25) is 4.90 Å². The quantitative estimate of drug-likeness (QED) is 0.652. The number of carbonyl (C=O) groups is 1. The Kier molecular flexibility index (Phi) is 7.19. The Hall–Kier alpha value is -2.14. The van der Waals surface area contributed by atoms with E-state index in [9.17, 15) is 9.90 Å². The van der Waals surface area contributed by atoms with Crippen LogP contribution >= 0.6 is 11.8 Å². The number of nitrogens with zero attached hydrogens (tertiary/aromatic N) is 1.